The van der Waals surface area contributed by atoms with Crippen LogP contribution in [0.3, 0.4) is 0 Å². The van der Waals surface area contributed by atoms with Gasteiger partial charge in [0.25, 0.3) is 0 Å². The first-order valence-corrected chi connectivity index (χ1v) is 8.77. The van der Waals surface area contributed by atoms with E-state index in [1.807, 2.05) is 25.1 Å². The number of hydrogen-bond acceptors (Lipinski definition) is 2. The van der Waals surface area contributed by atoms with E-state index in [0.29, 0.717) is 35.1 Å². The second-order valence-corrected chi connectivity index (χ2v) is 7.11. The van der Waals surface area contributed by atoms with Crippen molar-refractivity contribution in [2.24, 2.45) is 5.41 Å². The van der Waals surface area contributed by atoms with Crippen molar-refractivity contribution in [1.82, 2.24) is 5.32 Å². The van der Waals surface area contributed by atoms with E-state index >= 15 is 0 Å². The highest BCUT2D eigenvalue weighted by Gasteiger charge is 2.56. The van der Waals surface area contributed by atoms with Gasteiger partial charge in [-0.05, 0) is 55.2 Å². The molecule has 25 heavy (non-hydrogen) atoms. The molecule has 0 aliphatic heterocycles. The molecule has 0 radical (unpaired) electrons. The highest BCUT2D eigenvalue weighted by molar-refractivity contribution is 6.31. The van der Waals surface area contributed by atoms with Crippen LogP contribution in [0.5, 0.6) is 0 Å². The average molecular weight is 377 g/mol. The largest absolute Gasteiger partial charge is 0.351 e. The molecular weight excluding hydrogens is 359 g/mol. The number of carbonyl (C=O) groups excluding carboxylic acids is 2. The summed E-state index contributed by atoms with van der Waals surface area (Å²) < 4.78 is 0. The summed E-state index contributed by atoms with van der Waals surface area (Å²) in [5.41, 5.74) is 1.35. The van der Waals surface area contributed by atoms with Gasteiger partial charge in [0, 0.05) is 22.3 Å². The van der Waals surface area contributed by atoms with Gasteiger partial charge in [-0.3, -0.25) is 9.59 Å². The molecular formula is C19H18Cl2N2O2. The number of aryl methyl sites for hydroxylation is 1. The number of rotatable bonds is 5. The molecule has 0 heterocycles. The highest BCUT2D eigenvalue weighted by atomic mass is 35.5. The fourth-order valence-electron chi connectivity index (χ4n) is 2.68. The van der Waals surface area contributed by atoms with Crippen LogP contribution in [0, 0.1) is 12.3 Å². The van der Waals surface area contributed by atoms with E-state index in [4.69, 9.17) is 23.2 Å². The SMILES string of the molecule is Cc1cc(Cl)ccc1NC(=O)C1(C(=O)NCc2ccccc2Cl)CC1. The Morgan fingerprint density at radius 1 is 1.08 bits per heavy atom. The second-order valence-electron chi connectivity index (χ2n) is 6.27. The van der Waals surface area contributed by atoms with Gasteiger partial charge in [-0.25, -0.2) is 0 Å². The van der Waals surface area contributed by atoms with E-state index in [1.165, 1.54) is 0 Å². The fourth-order valence-corrected chi connectivity index (χ4v) is 3.11. The number of carbonyl (C=O) groups is 2. The normalized spacial score (nSPS) is 14.7. The van der Waals surface area contributed by atoms with Crippen LogP contribution in [-0.4, -0.2) is 11.8 Å². The summed E-state index contributed by atoms with van der Waals surface area (Å²) in [6, 6.07) is 12.5. The molecule has 1 fully saturated rings. The van der Waals surface area contributed by atoms with Gasteiger partial charge in [0.05, 0.1) is 0 Å². The number of benzene rings is 2. The number of amides is 2. The quantitative estimate of drug-likeness (QED) is 0.762. The Kier molecular flexibility index (Phi) is 5.02. The van der Waals surface area contributed by atoms with Gasteiger partial charge in [0.15, 0.2) is 0 Å². The topological polar surface area (TPSA) is 58.2 Å². The molecule has 1 saturated carbocycles. The zero-order chi connectivity index (χ0) is 18.0. The molecule has 130 valence electrons. The molecule has 2 aromatic rings. The summed E-state index contributed by atoms with van der Waals surface area (Å²) in [5.74, 6) is -0.550. The first kappa shape index (κ1) is 17.8. The van der Waals surface area contributed by atoms with Gasteiger partial charge in [-0.2, -0.15) is 0 Å². The third kappa shape index (κ3) is 3.80. The molecule has 1 aliphatic rings. The summed E-state index contributed by atoms with van der Waals surface area (Å²) in [4.78, 5) is 25.2. The Morgan fingerprint density at radius 3 is 2.44 bits per heavy atom. The average Bonchev–Trinajstić information content (AvgIpc) is 3.38. The Bertz CT molecular complexity index is 832. The van der Waals surface area contributed by atoms with Crippen LogP contribution >= 0.6 is 23.2 Å². The summed E-state index contributed by atoms with van der Waals surface area (Å²) >= 11 is 12.0. The third-order valence-electron chi connectivity index (χ3n) is 4.45. The van der Waals surface area contributed by atoms with Crippen molar-refractivity contribution in [1.29, 1.82) is 0 Å². The molecule has 0 unspecified atom stereocenters. The number of anilines is 1. The second kappa shape index (κ2) is 7.06. The molecule has 0 atom stereocenters. The van der Waals surface area contributed by atoms with Crippen molar-refractivity contribution < 1.29 is 9.59 Å². The van der Waals surface area contributed by atoms with E-state index in [0.717, 1.165) is 11.1 Å². The zero-order valence-electron chi connectivity index (χ0n) is 13.7. The van der Waals surface area contributed by atoms with E-state index in [9.17, 15) is 9.59 Å². The Balaban J connectivity index is 1.65. The van der Waals surface area contributed by atoms with Gasteiger partial charge in [-0.1, -0.05) is 41.4 Å². The Hall–Kier alpha value is -2.04. The zero-order valence-corrected chi connectivity index (χ0v) is 15.2. The highest BCUT2D eigenvalue weighted by Crippen LogP contribution is 2.47. The molecule has 2 amide bonds. The molecule has 2 aromatic carbocycles. The molecule has 6 heteroatoms. The first-order valence-electron chi connectivity index (χ1n) is 8.02. The van der Waals surface area contributed by atoms with Crippen molar-refractivity contribution in [2.45, 2.75) is 26.3 Å². The molecule has 0 spiro atoms. The van der Waals surface area contributed by atoms with Gasteiger partial charge < -0.3 is 10.6 Å². The monoisotopic (exact) mass is 376 g/mol. The van der Waals surface area contributed by atoms with Crippen LogP contribution in [0.1, 0.15) is 24.0 Å². The molecule has 3 rings (SSSR count). The van der Waals surface area contributed by atoms with Crippen LogP contribution < -0.4 is 10.6 Å². The van der Waals surface area contributed by atoms with Crippen LogP contribution in [0.4, 0.5) is 5.69 Å². The molecule has 0 bridgehead atoms. The minimum Gasteiger partial charge on any atom is -0.351 e. The molecule has 2 N–H and O–H groups in total. The standard InChI is InChI=1S/C19H18Cl2N2O2/c1-12-10-14(20)6-7-16(12)23-18(25)19(8-9-19)17(24)22-11-13-4-2-3-5-15(13)21/h2-7,10H,8-9,11H2,1H3,(H,22,24)(H,23,25). The molecule has 1 aliphatic carbocycles. The molecule has 4 nitrogen and oxygen atoms in total. The lowest BCUT2D eigenvalue weighted by molar-refractivity contribution is -0.134. The van der Waals surface area contributed by atoms with Gasteiger partial charge in [0.2, 0.25) is 11.8 Å². The number of nitrogens with one attached hydrogen (secondary N) is 2. The van der Waals surface area contributed by atoms with Gasteiger partial charge >= 0.3 is 0 Å². The van der Waals surface area contributed by atoms with Crippen molar-refractivity contribution in [3.05, 3.63) is 63.6 Å². The van der Waals surface area contributed by atoms with Crippen LogP contribution in [-0.2, 0) is 16.1 Å². The molecule has 0 aromatic heterocycles. The van der Waals surface area contributed by atoms with E-state index in [1.54, 1.807) is 24.3 Å². The van der Waals surface area contributed by atoms with Crippen molar-refractivity contribution in [3.8, 4) is 0 Å². The summed E-state index contributed by atoms with van der Waals surface area (Å²) in [6.45, 7) is 2.16. The smallest absolute Gasteiger partial charge is 0.240 e. The lowest BCUT2D eigenvalue weighted by Gasteiger charge is -2.17. The number of hydrogen-bond donors (Lipinski definition) is 2. The summed E-state index contributed by atoms with van der Waals surface area (Å²) in [7, 11) is 0. The Labute approximate surface area is 156 Å². The van der Waals surface area contributed by atoms with E-state index in [-0.39, 0.29) is 11.8 Å². The van der Waals surface area contributed by atoms with Crippen molar-refractivity contribution in [3.63, 3.8) is 0 Å². The lowest BCUT2D eigenvalue weighted by atomic mass is 10.0. The summed E-state index contributed by atoms with van der Waals surface area (Å²) in [5, 5.41) is 6.87. The number of halogens is 2. The Morgan fingerprint density at radius 2 is 1.80 bits per heavy atom. The van der Waals surface area contributed by atoms with Gasteiger partial charge in [-0.15, -0.1) is 0 Å². The minimum atomic E-state index is -0.993. The predicted octanol–water partition coefficient (Wildman–Crippen LogP) is 4.34. The van der Waals surface area contributed by atoms with Crippen molar-refractivity contribution in [2.75, 3.05) is 5.32 Å². The molecule has 0 saturated heterocycles. The van der Waals surface area contributed by atoms with Crippen LogP contribution in [0.2, 0.25) is 10.0 Å². The van der Waals surface area contributed by atoms with Gasteiger partial charge in [0.1, 0.15) is 5.41 Å². The summed E-state index contributed by atoms with van der Waals surface area (Å²) in [6.07, 6.45) is 1.08. The van der Waals surface area contributed by atoms with E-state index < -0.39 is 5.41 Å². The lowest BCUT2D eigenvalue weighted by Crippen LogP contribution is -2.39. The third-order valence-corrected chi connectivity index (χ3v) is 5.06. The van der Waals surface area contributed by atoms with Crippen LogP contribution in [0.15, 0.2) is 42.5 Å². The maximum Gasteiger partial charge on any atom is 0.240 e. The van der Waals surface area contributed by atoms with Crippen molar-refractivity contribution >= 4 is 40.7 Å². The maximum atomic E-state index is 12.6. The minimum absolute atomic E-state index is 0.267. The first-order chi connectivity index (χ1) is 11.9. The maximum absolute atomic E-state index is 12.6. The fraction of sp³-hybridized carbons (Fsp3) is 0.263. The van der Waals surface area contributed by atoms with Crippen LogP contribution in [0.25, 0.3) is 0 Å². The van der Waals surface area contributed by atoms with E-state index in [2.05, 4.69) is 10.6 Å². The predicted molar refractivity (Wildman–Crippen MR) is 99.8 cm³/mol.